The Bertz CT molecular complexity index is 577. The van der Waals surface area contributed by atoms with Crippen LogP contribution in [0.4, 0.5) is 0 Å². The van der Waals surface area contributed by atoms with Crippen LogP contribution >= 0.6 is 0 Å². The monoisotopic (exact) mass is 256 g/mol. The van der Waals surface area contributed by atoms with Gasteiger partial charge in [-0.3, -0.25) is 0 Å². The van der Waals surface area contributed by atoms with Crippen LogP contribution in [0.3, 0.4) is 0 Å². The van der Waals surface area contributed by atoms with Crippen molar-refractivity contribution in [3.8, 4) is 11.8 Å². The number of hydrogen-bond acceptors (Lipinski definition) is 3. The van der Waals surface area contributed by atoms with Crippen LogP contribution in [0.5, 0.6) is 0 Å². The first kappa shape index (κ1) is 13.4. The molecule has 0 bridgehead atoms. The molecule has 0 aromatic heterocycles. The maximum Gasteiger partial charge on any atom is 0.333 e. The van der Waals surface area contributed by atoms with E-state index in [0.717, 1.165) is 11.1 Å². The Morgan fingerprint density at radius 3 is 2.32 bits per heavy atom. The number of benzene rings is 1. The first-order valence-electron chi connectivity index (χ1n) is 6.09. The molecule has 0 spiro atoms. The zero-order valence-corrected chi connectivity index (χ0v) is 11.2. The topological polar surface area (TPSA) is 46.5 Å². The summed E-state index contributed by atoms with van der Waals surface area (Å²) in [5.74, 6) is 5.73. The molecule has 1 aromatic carbocycles. The van der Waals surface area contributed by atoms with E-state index in [1.54, 1.807) is 0 Å². The molecule has 3 heteroatoms. The number of aliphatic hydroxyl groups excluding tert-OH is 1. The number of carbonyl (C=O) groups excluding carboxylic acids is 1. The van der Waals surface area contributed by atoms with Crippen molar-refractivity contribution in [3.05, 3.63) is 41.5 Å². The molecule has 1 heterocycles. The molecule has 19 heavy (non-hydrogen) atoms. The molecule has 0 aliphatic carbocycles. The minimum absolute atomic E-state index is 0.0386. The summed E-state index contributed by atoms with van der Waals surface area (Å²) >= 11 is 0. The van der Waals surface area contributed by atoms with E-state index in [4.69, 9.17) is 0 Å². The fraction of sp³-hybridized carbons (Fsp3) is 0.312. The van der Waals surface area contributed by atoms with Crippen molar-refractivity contribution in [3.63, 3.8) is 0 Å². The molecule has 1 aliphatic heterocycles. The number of hydrogen-bond donors (Lipinski definition) is 1. The zero-order valence-electron chi connectivity index (χ0n) is 11.2. The highest BCUT2D eigenvalue weighted by Crippen LogP contribution is 2.24. The fourth-order valence-corrected chi connectivity index (χ4v) is 1.64. The second-order valence-electron chi connectivity index (χ2n) is 5.47. The van der Waals surface area contributed by atoms with Gasteiger partial charge in [-0.15, -0.1) is 0 Å². The first-order valence-corrected chi connectivity index (χ1v) is 6.09. The summed E-state index contributed by atoms with van der Waals surface area (Å²) in [4.78, 5) is 11.0. The van der Waals surface area contributed by atoms with Gasteiger partial charge < -0.3 is 9.84 Å². The van der Waals surface area contributed by atoms with Crippen LogP contribution in [-0.4, -0.2) is 17.4 Å². The molecule has 1 unspecified atom stereocenters. The van der Waals surface area contributed by atoms with Gasteiger partial charge >= 0.3 is 5.97 Å². The Balaban J connectivity index is 2.22. The Hall–Kier alpha value is -2.05. The predicted octanol–water partition coefficient (Wildman–Crippen LogP) is 2.34. The van der Waals surface area contributed by atoms with E-state index >= 15 is 0 Å². The molecule has 1 aromatic rings. The van der Waals surface area contributed by atoms with Gasteiger partial charge in [0.15, 0.2) is 0 Å². The van der Waals surface area contributed by atoms with Crippen LogP contribution < -0.4 is 0 Å². The summed E-state index contributed by atoms with van der Waals surface area (Å²) in [7, 11) is 0. The van der Waals surface area contributed by atoms with Crippen molar-refractivity contribution in [2.75, 3.05) is 0 Å². The number of cyclic esters (lactones) is 1. The van der Waals surface area contributed by atoms with Gasteiger partial charge in [0.1, 0.15) is 0 Å². The number of carbonyl (C=O) groups is 1. The third kappa shape index (κ3) is 3.46. The third-order valence-corrected chi connectivity index (χ3v) is 2.57. The Kier molecular flexibility index (Phi) is 3.46. The highest BCUT2D eigenvalue weighted by atomic mass is 16.6. The van der Waals surface area contributed by atoms with Gasteiger partial charge in [-0.25, -0.2) is 4.79 Å². The molecule has 0 saturated carbocycles. The molecule has 2 rings (SSSR count). The lowest BCUT2D eigenvalue weighted by Gasteiger charge is -2.08. The lowest BCUT2D eigenvalue weighted by molar-refractivity contribution is -0.149. The van der Waals surface area contributed by atoms with Crippen molar-refractivity contribution < 1.29 is 14.6 Å². The number of esters is 1. The lowest BCUT2D eigenvalue weighted by atomic mass is 9.97. The van der Waals surface area contributed by atoms with Gasteiger partial charge in [0.05, 0.1) is 0 Å². The van der Waals surface area contributed by atoms with E-state index in [0.29, 0.717) is 5.57 Å². The Morgan fingerprint density at radius 1 is 1.21 bits per heavy atom. The van der Waals surface area contributed by atoms with Gasteiger partial charge in [-0.2, -0.15) is 0 Å². The smallest absolute Gasteiger partial charge is 0.333 e. The summed E-state index contributed by atoms with van der Waals surface area (Å²) in [6, 6.07) is 7.38. The summed E-state index contributed by atoms with van der Waals surface area (Å²) in [6.07, 6.45) is 0.138. The van der Waals surface area contributed by atoms with E-state index < -0.39 is 12.3 Å². The molecular weight excluding hydrogens is 240 g/mol. The number of aliphatic hydroxyl groups is 1. The van der Waals surface area contributed by atoms with Crippen LogP contribution in [0.1, 0.15) is 31.9 Å². The predicted molar refractivity (Wildman–Crippen MR) is 72.9 cm³/mol. The molecule has 1 aliphatic rings. The second kappa shape index (κ2) is 4.91. The standard InChI is InChI=1S/C16H16O3/c1-16(2,3)9-8-11-4-6-12(7-5-11)13-10-14(17)19-15(13)18/h4-7,10,15,18H,1-3H3. The molecule has 0 fully saturated rings. The summed E-state index contributed by atoms with van der Waals surface area (Å²) in [5, 5.41) is 9.55. The van der Waals surface area contributed by atoms with Crippen LogP contribution in [0.15, 0.2) is 30.3 Å². The van der Waals surface area contributed by atoms with Gasteiger partial charge in [0.2, 0.25) is 6.29 Å². The minimum atomic E-state index is -1.17. The largest absolute Gasteiger partial charge is 0.428 e. The molecular formula is C16H16O3. The maximum absolute atomic E-state index is 11.0. The zero-order chi connectivity index (χ0) is 14.0. The van der Waals surface area contributed by atoms with Crippen molar-refractivity contribution in [2.24, 2.45) is 5.41 Å². The van der Waals surface area contributed by atoms with Crippen molar-refractivity contribution in [2.45, 2.75) is 27.1 Å². The molecule has 3 nitrogen and oxygen atoms in total. The molecule has 98 valence electrons. The first-order chi connectivity index (χ1) is 8.85. The van der Waals surface area contributed by atoms with Crippen molar-refractivity contribution in [1.29, 1.82) is 0 Å². The average molecular weight is 256 g/mol. The van der Waals surface area contributed by atoms with Crippen molar-refractivity contribution in [1.82, 2.24) is 0 Å². The average Bonchev–Trinajstić information content (AvgIpc) is 2.66. The van der Waals surface area contributed by atoms with Crippen LogP contribution in [-0.2, 0) is 9.53 Å². The summed E-state index contributed by atoms with van der Waals surface area (Å²) in [6.45, 7) is 6.16. The maximum atomic E-state index is 11.0. The van der Waals surface area contributed by atoms with Gasteiger partial charge in [0, 0.05) is 22.6 Å². The number of ether oxygens (including phenoxy) is 1. The van der Waals surface area contributed by atoms with E-state index in [1.165, 1.54) is 6.08 Å². The highest BCUT2D eigenvalue weighted by Gasteiger charge is 2.24. The lowest BCUT2D eigenvalue weighted by Crippen LogP contribution is -2.09. The molecule has 1 N–H and O–H groups in total. The molecule has 0 saturated heterocycles. The van der Waals surface area contributed by atoms with Gasteiger partial charge in [0.25, 0.3) is 0 Å². The van der Waals surface area contributed by atoms with Gasteiger partial charge in [-0.1, -0.05) is 24.0 Å². The van der Waals surface area contributed by atoms with Crippen LogP contribution in [0, 0.1) is 17.3 Å². The molecule has 1 atom stereocenters. The van der Waals surface area contributed by atoms with Gasteiger partial charge in [-0.05, 0) is 38.5 Å². The molecule has 0 radical (unpaired) electrons. The van der Waals surface area contributed by atoms with E-state index in [9.17, 15) is 9.90 Å². The van der Waals surface area contributed by atoms with Crippen molar-refractivity contribution >= 4 is 11.5 Å². The fourth-order valence-electron chi connectivity index (χ4n) is 1.64. The highest BCUT2D eigenvalue weighted by molar-refractivity contribution is 5.96. The normalized spacial score (nSPS) is 18.4. The van der Waals surface area contributed by atoms with Crippen LogP contribution in [0.25, 0.3) is 5.57 Å². The van der Waals surface area contributed by atoms with Crippen LogP contribution in [0.2, 0.25) is 0 Å². The summed E-state index contributed by atoms with van der Waals surface area (Å²) < 4.78 is 4.65. The summed E-state index contributed by atoms with van der Waals surface area (Å²) in [5.41, 5.74) is 2.11. The van der Waals surface area contributed by atoms with E-state index in [1.807, 2.05) is 24.3 Å². The van der Waals surface area contributed by atoms with E-state index in [2.05, 4.69) is 37.3 Å². The Morgan fingerprint density at radius 2 is 1.84 bits per heavy atom. The number of rotatable bonds is 1. The quantitative estimate of drug-likeness (QED) is 0.619. The van der Waals surface area contributed by atoms with E-state index in [-0.39, 0.29) is 5.41 Å². The minimum Gasteiger partial charge on any atom is -0.428 e. The third-order valence-electron chi connectivity index (χ3n) is 2.57. The molecule has 0 amide bonds. The SMILES string of the molecule is CC(C)(C)C#Cc1ccc(C2=CC(=O)OC2O)cc1. The second-order valence-corrected chi connectivity index (χ2v) is 5.47. The Labute approximate surface area is 112 Å².